The molecule has 106 valence electrons. The van der Waals surface area contributed by atoms with Crippen molar-refractivity contribution in [3.8, 4) is 11.5 Å². The van der Waals surface area contributed by atoms with E-state index in [2.05, 4.69) is 18.7 Å². The van der Waals surface area contributed by atoms with Gasteiger partial charge in [-0.25, -0.2) is 0 Å². The highest BCUT2D eigenvalue weighted by Gasteiger charge is 2.19. The van der Waals surface area contributed by atoms with Crippen LogP contribution >= 0.6 is 0 Å². The minimum Gasteiger partial charge on any atom is -0.504 e. The van der Waals surface area contributed by atoms with Gasteiger partial charge in [0.05, 0.1) is 13.2 Å². The van der Waals surface area contributed by atoms with Crippen LogP contribution in [0, 0.1) is 0 Å². The van der Waals surface area contributed by atoms with Crippen molar-refractivity contribution in [2.45, 2.75) is 33.2 Å². The van der Waals surface area contributed by atoms with Gasteiger partial charge in [-0.05, 0) is 30.0 Å². The molecule has 1 aromatic carbocycles. The molecular weight excluding hydrogens is 242 g/mol. The van der Waals surface area contributed by atoms with Gasteiger partial charge in [-0.15, -0.1) is 0 Å². The first-order valence-corrected chi connectivity index (χ1v) is 7.03. The fourth-order valence-electron chi connectivity index (χ4n) is 2.72. The minimum absolute atomic E-state index is 0.00249. The van der Waals surface area contributed by atoms with Gasteiger partial charge < -0.3 is 14.9 Å². The summed E-state index contributed by atoms with van der Waals surface area (Å²) < 4.78 is 5.34. The molecule has 1 aromatic rings. The van der Waals surface area contributed by atoms with Gasteiger partial charge in [0.15, 0.2) is 11.5 Å². The molecule has 1 saturated heterocycles. The molecule has 19 heavy (non-hydrogen) atoms. The maximum absolute atomic E-state index is 10.2. The quantitative estimate of drug-likeness (QED) is 0.818. The summed E-state index contributed by atoms with van der Waals surface area (Å²) in [6.07, 6.45) is 1.74. The third-order valence-corrected chi connectivity index (χ3v) is 3.81. The Labute approximate surface area is 114 Å². The highest BCUT2D eigenvalue weighted by Crippen LogP contribution is 2.35. The average Bonchev–Trinajstić information content (AvgIpc) is 2.44. The van der Waals surface area contributed by atoms with E-state index in [-0.39, 0.29) is 11.5 Å². The first-order valence-electron chi connectivity index (χ1n) is 7.03. The van der Waals surface area contributed by atoms with E-state index >= 15 is 0 Å². The Hall–Kier alpha value is -1.26. The number of hydrogen-bond donors (Lipinski definition) is 2. The molecule has 0 radical (unpaired) electrons. The molecule has 0 aromatic heterocycles. The standard InChI is InChI=1S/C15H23NO3/c1-3-11-9-14(17)15(18)13(12(11)4-2)10-16-5-7-19-8-6-16/h9,17-18H,3-8,10H2,1-2H3. The van der Waals surface area contributed by atoms with Crippen LogP contribution in [0.3, 0.4) is 0 Å². The van der Waals surface area contributed by atoms with E-state index in [1.54, 1.807) is 6.07 Å². The average molecular weight is 265 g/mol. The predicted octanol–water partition coefficient (Wildman–Crippen LogP) is 2.05. The number of benzene rings is 1. The second-order valence-corrected chi connectivity index (χ2v) is 4.96. The number of hydrogen-bond acceptors (Lipinski definition) is 4. The van der Waals surface area contributed by atoms with Crippen LogP contribution in [0.1, 0.15) is 30.5 Å². The van der Waals surface area contributed by atoms with Crippen LogP contribution < -0.4 is 0 Å². The van der Waals surface area contributed by atoms with Gasteiger partial charge in [0.2, 0.25) is 0 Å². The first-order chi connectivity index (χ1) is 9.17. The molecule has 0 aliphatic carbocycles. The molecule has 0 unspecified atom stereocenters. The first kappa shape index (κ1) is 14.2. The third-order valence-electron chi connectivity index (χ3n) is 3.81. The van der Waals surface area contributed by atoms with Crippen LogP contribution in [-0.4, -0.2) is 41.4 Å². The summed E-state index contributed by atoms with van der Waals surface area (Å²) in [7, 11) is 0. The smallest absolute Gasteiger partial charge is 0.162 e. The molecule has 1 aliphatic rings. The fourth-order valence-corrected chi connectivity index (χ4v) is 2.72. The van der Waals surface area contributed by atoms with Crippen LogP contribution in [0.25, 0.3) is 0 Å². The van der Waals surface area contributed by atoms with Gasteiger partial charge in [0.25, 0.3) is 0 Å². The second kappa shape index (κ2) is 6.26. The van der Waals surface area contributed by atoms with Gasteiger partial charge in [-0.3, -0.25) is 4.90 Å². The van der Waals surface area contributed by atoms with Gasteiger partial charge in [0.1, 0.15) is 0 Å². The van der Waals surface area contributed by atoms with Crippen LogP contribution in [0.4, 0.5) is 0 Å². The van der Waals surface area contributed by atoms with Gasteiger partial charge in [-0.1, -0.05) is 13.8 Å². The predicted molar refractivity (Wildman–Crippen MR) is 74.6 cm³/mol. The molecule has 4 heteroatoms. The molecule has 2 rings (SSSR count). The Balaban J connectivity index is 2.33. The summed E-state index contributed by atoms with van der Waals surface area (Å²) in [4.78, 5) is 2.26. The molecule has 0 atom stereocenters. The van der Waals surface area contributed by atoms with E-state index in [0.29, 0.717) is 6.54 Å². The summed E-state index contributed by atoms with van der Waals surface area (Å²) in [5.74, 6) is 0.0397. The topological polar surface area (TPSA) is 52.9 Å². The Morgan fingerprint density at radius 1 is 1.11 bits per heavy atom. The van der Waals surface area contributed by atoms with Crippen LogP contribution in [0.5, 0.6) is 11.5 Å². The van der Waals surface area contributed by atoms with Crippen molar-refractivity contribution >= 4 is 0 Å². The summed E-state index contributed by atoms with van der Waals surface area (Å²) in [5.41, 5.74) is 3.17. The summed E-state index contributed by atoms with van der Waals surface area (Å²) in [5, 5.41) is 20.0. The lowest BCUT2D eigenvalue weighted by molar-refractivity contribution is 0.0337. The van der Waals surface area contributed by atoms with E-state index in [9.17, 15) is 10.2 Å². The maximum atomic E-state index is 10.2. The normalized spacial score (nSPS) is 16.7. The number of ether oxygens (including phenoxy) is 1. The largest absolute Gasteiger partial charge is 0.504 e. The number of aryl methyl sites for hydroxylation is 1. The number of rotatable bonds is 4. The van der Waals surface area contributed by atoms with Crippen molar-refractivity contribution in [1.82, 2.24) is 4.90 Å². The van der Waals surface area contributed by atoms with E-state index in [4.69, 9.17) is 4.74 Å². The van der Waals surface area contributed by atoms with Crippen LogP contribution in [0.15, 0.2) is 6.07 Å². The van der Waals surface area contributed by atoms with E-state index < -0.39 is 0 Å². The lowest BCUT2D eigenvalue weighted by Gasteiger charge is -2.28. The van der Waals surface area contributed by atoms with Gasteiger partial charge >= 0.3 is 0 Å². The zero-order valence-electron chi connectivity index (χ0n) is 11.8. The van der Waals surface area contributed by atoms with Gasteiger partial charge in [-0.2, -0.15) is 0 Å². The van der Waals surface area contributed by atoms with E-state index in [1.807, 2.05) is 0 Å². The fraction of sp³-hybridized carbons (Fsp3) is 0.600. The van der Waals surface area contributed by atoms with Crippen molar-refractivity contribution in [2.75, 3.05) is 26.3 Å². The maximum Gasteiger partial charge on any atom is 0.162 e. The van der Waals surface area contributed by atoms with Crippen molar-refractivity contribution < 1.29 is 14.9 Å². The molecule has 1 aliphatic heterocycles. The Kier molecular flexibility index (Phi) is 4.66. The SMILES string of the molecule is CCc1cc(O)c(O)c(CN2CCOCC2)c1CC. The zero-order valence-corrected chi connectivity index (χ0v) is 11.8. The summed E-state index contributed by atoms with van der Waals surface area (Å²) >= 11 is 0. The van der Waals surface area contributed by atoms with Crippen molar-refractivity contribution in [2.24, 2.45) is 0 Å². The number of morpholine rings is 1. The molecule has 4 nitrogen and oxygen atoms in total. The lowest BCUT2D eigenvalue weighted by atomic mass is 9.95. The van der Waals surface area contributed by atoms with Crippen molar-refractivity contribution in [1.29, 1.82) is 0 Å². The Morgan fingerprint density at radius 3 is 2.37 bits per heavy atom. The number of phenolic OH excluding ortho intramolecular Hbond substituents is 2. The van der Waals surface area contributed by atoms with Crippen molar-refractivity contribution in [3.05, 3.63) is 22.8 Å². The molecule has 2 N–H and O–H groups in total. The second-order valence-electron chi connectivity index (χ2n) is 4.96. The van der Waals surface area contributed by atoms with E-state index in [1.165, 1.54) is 5.56 Å². The van der Waals surface area contributed by atoms with Crippen LogP contribution in [-0.2, 0) is 24.1 Å². The van der Waals surface area contributed by atoms with Gasteiger partial charge in [0, 0.05) is 25.2 Å². The molecular formula is C15H23NO3. The molecule has 0 spiro atoms. The number of nitrogens with zero attached hydrogens (tertiary/aromatic N) is 1. The van der Waals surface area contributed by atoms with Crippen molar-refractivity contribution in [3.63, 3.8) is 0 Å². The third kappa shape index (κ3) is 3.01. The Morgan fingerprint density at radius 2 is 1.79 bits per heavy atom. The highest BCUT2D eigenvalue weighted by atomic mass is 16.5. The molecule has 0 saturated carbocycles. The lowest BCUT2D eigenvalue weighted by Crippen LogP contribution is -2.36. The summed E-state index contributed by atoms with van der Waals surface area (Å²) in [6, 6.07) is 1.69. The molecule has 1 heterocycles. The Bertz CT molecular complexity index is 440. The summed E-state index contributed by atoms with van der Waals surface area (Å²) in [6.45, 7) is 8.07. The molecule has 0 amide bonds. The zero-order chi connectivity index (χ0) is 13.8. The number of aromatic hydroxyl groups is 2. The molecule has 1 fully saturated rings. The highest BCUT2D eigenvalue weighted by molar-refractivity contribution is 5.53. The van der Waals surface area contributed by atoms with Crippen LogP contribution in [0.2, 0.25) is 0 Å². The monoisotopic (exact) mass is 265 g/mol. The minimum atomic E-state index is -0.00249. The van der Waals surface area contributed by atoms with E-state index in [0.717, 1.165) is 50.3 Å². The number of phenols is 2. The molecule has 0 bridgehead atoms.